The molecule has 0 aliphatic heterocycles. The van der Waals surface area contributed by atoms with Crippen LogP contribution in [0.2, 0.25) is 0 Å². The average molecular weight is 324 g/mol. The van der Waals surface area contributed by atoms with Gasteiger partial charge in [-0.15, -0.1) is 23.2 Å². The van der Waals surface area contributed by atoms with E-state index in [1.165, 1.54) is 0 Å². The summed E-state index contributed by atoms with van der Waals surface area (Å²) in [7, 11) is 3.24. The fourth-order valence-electron chi connectivity index (χ4n) is 1.06. The van der Waals surface area contributed by atoms with Crippen LogP contribution in [0, 0.1) is 0 Å². The lowest BCUT2D eigenvalue weighted by Crippen LogP contribution is -2.36. The van der Waals surface area contributed by atoms with Crippen LogP contribution in [0.4, 0.5) is 0 Å². The molecule has 0 heterocycles. The second-order valence-corrected chi connectivity index (χ2v) is 4.83. The van der Waals surface area contributed by atoms with Crippen molar-refractivity contribution in [2.75, 3.05) is 39.2 Å². The molecule has 0 saturated heterocycles. The number of hydrogen-bond acceptors (Lipinski definition) is 3. The lowest BCUT2D eigenvalue weighted by atomic mass is 10.3. The SMILES string of the molecule is COCC(COC)OC(CCl)C(Br)CCl. The molecule has 6 heteroatoms. The van der Waals surface area contributed by atoms with Crippen LogP contribution in [-0.2, 0) is 14.2 Å². The highest BCUT2D eigenvalue weighted by Gasteiger charge is 2.22. The first kappa shape index (κ1) is 15.9. The van der Waals surface area contributed by atoms with Crippen molar-refractivity contribution in [2.45, 2.75) is 17.0 Å². The molecule has 0 aromatic rings. The molecule has 0 aliphatic carbocycles. The van der Waals surface area contributed by atoms with E-state index in [-0.39, 0.29) is 17.0 Å². The minimum atomic E-state index is -0.139. The van der Waals surface area contributed by atoms with E-state index < -0.39 is 0 Å². The lowest BCUT2D eigenvalue weighted by molar-refractivity contribution is -0.0692. The van der Waals surface area contributed by atoms with E-state index in [4.69, 9.17) is 37.4 Å². The Labute approximate surface area is 109 Å². The van der Waals surface area contributed by atoms with Crippen LogP contribution in [0.3, 0.4) is 0 Å². The van der Waals surface area contributed by atoms with Gasteiger partial charge in [0.25, 0.3) is 0 Å². The van der Waals surface area contributed by atoms with E-state index in [0.717, 1.165) is 0 Å². The standard InChI is InChI=1S/C9H17BrCl2O3/c1-13-5-7(6-14-2)15-9(4-12)8(10)3-11/h7-9H,3-6H2,1-2H3. The molecule has 0 saturated carbocycles. The average Bonchev–Trinajstić information content (AvgIpc) is 2.25. The predicted octanol–water partition coefficient (Wildman–Crippen LogP) is 2.27. The molecule has 0 rings (SSSR count). The smallest absolute Gasteiger partial charge is 0.105 e. The largest absolute Gasteiger partial charge is 0.382 e. The van der Waals surface area contributed by atoms with Gasteiger partial charge in [0.1, 0.15) is 6.10 Å². The Hall–Kier alpha value is 0.940. The summed E-state index contributed by atoms with van der Waals surface area (Å²) in [6.45, 7) is 0.951. The van der Waals surface area contributed by atoms with Crippen molar-refractivity contribution >= 4 is 39.1 Å². The van der Waals surface area contributed by atoms with Gasteiger partial charge in [0.15, 0.2) is 0 Å². The third-order valence-corrected chi connectivity index (χ3v) is 3.70. The van der Waals surface area contributed by atoms with Gasteiger partial charge in [-0.05, 0) is 0 Å². The van der Waals surface area contributed by atoms with Gasteiger partial charge in [0.2, 0.25) is 0 Å². The zero-order valence-corrected chi connectivity index (χ0v) is 12.0. The van der Waals surface area contributed by atoms with Gasteiger partial charge >= 0.3 is 0 Å². The fourth-order valence-corrected chi connectivity index (χ4v) is 2.08. The molecule has 0 radical (unpaired) electrons. The van der Waals surface area contributed by atoms with Gasteiger partial charge in [0.05, 0.1) is 24.1 Å². The molecule has 0 N–H and O–H groups in total. The minimum Gasteiger partial charge on any atom is -0.382 e. The maximum absolute atomic E-state index is 5.79. The van der Waals surface area contributed by atoms with Crippen molar-refractivity contribution in [3.05, 3.63) is 0 Å². The van der Waals surface area contributed by atoms with Crippen molar-refractivity contribution in [1.29, 1.82) is 0 Å². The normalized spacial score (nSPS) is 15.6. The number of rotatable bonds is 9. The zero-order chi connectivity index (χ0) is 11.7. The summed E-state index contributed by atoms with van der Waals surface area (Å²) < 4.78 is 15.8. The molecule has 3 nitrogen and oxygen atoms in total. The molecular weight excluding hydrogens is 307 g/mol. The van der Waals surface area contributed by atoms with Crippen molar-refractivity contribution in [1.82, 2.24) is 0 Å². The van der Waals surface area contributed by atoms with Crippen LogP contribution in [0.25, 0.3) is 0 Å². The molecule has 0 amide bonds. The van der Waals surface area contributed by atoms with Crippen LogP contribution < -0.4 is 0 Å². The van der Waals surface area contributed by atoms with Crippen molar-refractivity contribution in [2.24, 2.45) is 0 Å². The first-order valence-electron chi connectivity index (χ1n) is 4.58. The zero-order valence-electron chi connectivity index (χ0n) is 8.92. The molecule has 2 unspecified atom stereocenters. The number of ether oxygens (including phenoxy) is 3. The van der Waals surface area contributed by atoms with Crippen molar-refractivity contribution in [3.63, 3.8) is 0 Å². The minimum absolute atomic E-state index is 0.0351. The number of halogens is 3. The summed E-state index contributed by atoms with van der Waals surface area (Å²) in [4.78, 5) is 0.0351. The van der Waals surface area contributed by atoms with Crippen LogP contribution in [-0.4, -0.2) is 56.2 Å². The third-order valence-electron chi connectivity index (χ3n) is 1.78. The molecule has 0 fully saturated rings. The van der Waals surface area contributed by atoms with Gasteiger partial charge in [-0.3, -0.25) is 0 Å². The van der Waals surface area contributed by atoms with Crippen molar-refractivity contribution in [3.8, 4) is 0 Å². The second kappa shape index (κ2) is 10.1. The van der Waals surface area contributed by atoms with Crippen molar-refractivity contribution < 1.29 is 14.2 Å². The van der Waals surface area contributed by atoms with E-state index in [2.05, 4.69) is 15.9 Å². The first-order valence-corrected chi connectivity index (χ1v) is 6.57. The molecular formula is C9H17BrCl2O3. The highest BCUT2D eigenvalue weighted by atomic mass is 79.9. The number of hydrogen-bond donors (Lipinski definition) is 0. The highest BCUT2D eigenvalue weighted by Crippen LogP contribution is 2.15. The summed E-state index contributed by atoms with van der Waals surface area (Å²) in [6, 6.07) is 0. The van der Waals surface area contributed by atoms with Gasteiger partial charge in [-0.2, -0.15) is 0 Å². The molecule has 2 atom stereocenters. The molecule has 0 aliphatic rings. The topological polar surface area (TPSA) is 27.7 Å². The molecule has 92 valence electrons. The summed E-state index contributed by atoms with van der Waals surface area (Å²) in [6.07, 6.45) is -0.258. The summed E-state index contributed by atoms with van der Waals surface area (Å²) >= 11 is 14.9. The molecule has 0 aromatic heterocycles. The summed E-state index contributed by atoms with van der Waals surface area (Å²) in [5, 5.41) is 0. The van der Waals surface area contributed by atoms with E-state index >= 15 is 0 Å². The van der Waals surface area contributed by atoms with Crippen LogP contribution >= 0.6 is 39.1 Å². The van der Waals surface area contributed by atoms with Gasteiger partial charge < -0.3 is 14.2 Å². The first-order chi connectivity index (χ1) is 7.19. The van der Waals surface area contributed by atoms with Crippen LogP contribution in [0.1, 0.15) is 0 Å². The third kappa shape index (κ3) is 6.97. The molecule has 0 spiro atoms. The Balaban J connectivity index is 4.08. The Kier molecular flexibility index (Phi) is 10.8. The second-order valence-electron chi connectivity index (χ2n) is 3.03. The molecule has 0 aromatic carbocycles. The van der Waals surface area contributed by atoms with Gasteiger partial charge in [0, 0.05) is 26.0 Å². The number of methoxy groups -OCH3 is 2. The van der Waals surface area contributed by atoms with E-state index in [1.807, 2.05) is 0 Å². The molecule has 0 bridgehead atoms. The summed E-state index contributed by atoms with van der Waals surface area (Å²) in [5.41, 5.74) is 0. The van der Waals surface area contributed by atoms with E-state index in [0.29, 0.717) is 25.0 Å². The van der Waals surface area contributed by atoms with Crippen LogP contribution in [0.15, 0.2) is 0 Å². The Bertz CT molecular complexity index is 145. The number of alkyl halides is 3. The maximum Gasteiger partial charge on any atom is 0.105 e. The summed E-state index contributed by atoms with van der Waals surface area (Å²) in [5.74, 6) is 0.830. The highest BCUT2D eigenvalue weighted by molar-refractivity contribution is 9.09. The molecule has 15 heavy (non-hydrogen) atoms. The monoisotopic (exact) mass is 322 g/mol. The van der Waals surface area contributed by atoms with Gasteiger partial charge in [-0.1, -0.05) is 15.9 Å². The Morgan fingerprint density at radius 2 is 1.60 bits per heavy atom. The van der Waals surface area contributed by atoms with E-state index in [9.17, 15) is 0 Å². The quantitative estimate of drug-likeness (QED) is 0.609. The fraction of sp³-hybridized carbons (Fsp3) is 1.00. The Morgan fingerprint density at radius 1 is 1.07 bits per heavy atom. The van der Waals surface area contributed by atoms with E-state index in [1.54, 1.807) is 14.2 Å². The van der Waals surface area contributed by atoms with Gasteiger partial charge in [-0.25, -0.2) is 0 Å². The maximum atomic E-state index is 5.79. The predicted molar refractivity (Wildman–Crippen MR) is 66.6 cm³/mol. The van der Waals surface area contributed by atoms with Crippen LogP contribution in [0.5, 0.6) is 0 Å². The lowest BCUT2D eigenvalue weighted by Gasteiger charge is -2.25. The Morgan fingerprint density at radius 3 is 1.93 bits per heavy atom.